The summed E-state index contributed by atoms with van der Waals surface area (Å²) in [5, 5.41) is 2.29. The zero-order valence-corrected chi connectivity index (χ0v) is 21.6. The third-order valence-corrected chi connectivity index (χ3v) is 8.15. The molecule has 1 unspecified atom stereocenters. The number of nitrogens with one attached hydrogen (secondary N) is 2. The smallest absolute Gasteiger partial charge is 0.295 e. The van der Waals surface area contributed by atoms with Gasteiger partial charge in [0.1, 0.15) is 5.69 Å². The van der Waals surface area contributed by atoms with Crippen molar-refractivity contribution in [3.8, 4) is 5.69 Å². The number of carbonyl (C=O) groups excluding carboxylic acids is 1. The number of amides is 1. The van der Waals surface area contributed by atoms with Crippen molar-refractivity contribution in [2.75, 3.05) is 10.0 Å². The van der Waals surface area contributed by atoms with Gasteiger partial charge < -0.3 is 5.32 Å². The molecule has 0 aliphatic rings. The molecule has 4 aromatic rings. The lowest BCUT2D eigenvalue weighted by molar-refractivity contribution is -0.115. The summed E-state index contributed by atoms with van der Waals surface area (Å²) in [6, 6.07) is 24.1. The van der Waals surface area contributed by atoms with Crippen LogP contribution in [-0.4, -0.2) is 28.9 Å². The van der Waals surface area contributed by atoms with Gasteiger partial charge in [-0.15, -0.1) is 11.8 Å². The molecule has 0 spiro atoms. The summed E-state index contributed by atoms with van der Waals surface area (Å²) >= 11 is 1.31. The lowest BCUT2D eigenvalue weighted by Crippen LogP contribution is -2.27. The van der Waals surface area contributed by atoms with Gasteiger partial charge in [0, 0.05) is 17.6 Å². The molecule has 1 aromatic heterocycles. The largest absolute Gasteiger partial charge is 0.319 e. The van der Waals surface area contributed by atoms with E-state index in [1.165, 1.54) is 28.6 Å². The van der Waals surface area contributed by atoms with E-state index in [-0.39, 0.29) is 22.0 Å². The Morgan fingerprint density at radius 2 is 1.50 bits per heavy atom. The van der Waals surface area contributed by atoms with E-state index in [2.05, 4.69) is 10.0 Å². The topological polar surface area (TPSA) is 102 Å². The summed E-state index contributed by atoms with van der Waals surface area (Å²) in [6.45, 7) is 3.53. The Balaban J connectivity index is 1.43. The average molecular weight is 523 g/mol. The molecule has 1 amide bonds. The highest BCUT2D eigenvalue weighted by molar-refractivity contribution is 8.00. The van der Waals surface area contributed by atoms with Crippen molar-refractivity contribution in [1.82, 2.24) is 9.36 Å². The number of anilines is 2. The molecule has 0 saturated heterocycles. The van der Waals surface area contributed by atoms with E-state index in [1.54, 1.807) is 68.0 Å². The number of aromatic nitrogens is 2. The number of sulfonamides is 1. The van der Waals surface area contributed by atoms with Crippen LogP contribution in [-0.2, 0) is 21.9 Å². The monoisotopic (exact) mass is 522 g/mol. The maximum atomic E-state index is 13.0. The molecule has 8 nitrogen and oxygen atoms in total. The van der Waals surface area contributed by atoms with Crippen LogP contribution >= 0.6 is 11.8 Å². The highest BCUT2D eigenvalue weighted by atomic mass is 32.2. The second-order valence-electron chi connectivity index (χ2n) is 8.13. The van der Waals surface area contributed by atoms with Crippen LogP contribution in [0.5, 0.6) is 0 Å². The summed E-state index contributed by atoms with van der Waals surface area (Å²) < 4.78 is 30.8. The minimum Gasteiger partial charge on any atom is -0.319 e. The Morgan fingerprint density at radius 3 is 2.11 bits per heavy atom. The third-order valence-electron chi connectivity index (χ3n) is 5.64. The van der Waals surface area contributed by atoms with E-state index in [0.717, 1.165) is 4.90 Å². The summed E-state index contributed by atoms with van der Waals surface area (Å²) in [6.07, 6.45) is 0. The van der Waals surface area contributed by atoms with Gasteiger partial charge in [-0.05, 0) is 62.4 Å². The number of rotatable bonds is 8. The Morgan fingerprint density at radius 1 is 0.917 bits per heavy atom. The standard InChI is InChI=1S/C26H26N4O4S2/c1-18-24(26(32)30(29(18)3)21-10-6-4-7-11-21)27-25(31)19(2)35-22-16-14-20(15-17-22)28-36(33,34)23-12-8-5-9-13-23/h4-17,19,28H,1-3H3,(H,27,31). The lowest BCUT2D eigenvalue weighted by atomic mass is 10.3. The molecule has 0 fully saturated rings. The quantitative estimate of drug-likeness (QED) is 0.334. The van der Waals surface area contributed by atoms with E-state index in [4.69, 9.17) is 0 Å². The lowest BCUT2D eigenvalue weighted by Gasteiger charge is -2.12. The molecule has 10 heteroatoms. The van der Waals surface area contributed by atoms with E-state index in [0.29, 0.717) is 17.1 Å². The first kappa shape index (κ1) is 25.3. The third kappa shape index (κ3) is 5.39. The first-order chi connectivity index (χ1) is 17.2. The average Bonchev–Trinajstić information content (AvgIpc) is 3.09. The van der Waals surface area contributed by atoms with Gasteiger partial charge in [-0.1, -0.05) is 36.4 Å². The fourth-order valence-corrected chi connectivity index (χ4v) is 5.56. The molecule has 186 valence electrons. The van der Waals surface area contributed by atoms with E-state index >= 15 is 0 Å². The Hall–Kier alpha value is -3.76. The van der Waals surface area contributed by atoms with Crippen LogP contribution in [0.3, 0.4) is 0 Å². The molecule has 1 heterocycles. The maximum Gasteiger partial charge on any atom is 0.295 e. The van der Waals surface area contributed by atoms with Gasteiger partial charge in [-0.25, -0.2) is 13.1 Å². The van der Waals surface area contributed by atoms with Gasteiger partial charge in [0.05, 0.1) is 21.5 Å². The van der Waals surface area contributed by atoms with Gasteiger partial charge in [-0.2, -0.15) is 0 Å². The fourth-order valence-electron chi connectivity index (χ4n) is 3.61. The van der Waals surface area contributed by atoms with Crippen molar-refractivity contribution in [1.29, 1.82) is 0 Å². The van der Waals surface area contributed by atoms with Crippen LogP contribution in [0.4, 0.5) is 11.4 Å². The number of hydrogen-bond acceptors (Lipinski definition) is 5. The minimum atomic E-state index is -3.68. The number of nitrogens with zero attached hydrogens (tertiary/aromatic N) is 2. The second-order valence-corrected chi connectivity index (χ2v) is 11.2. The zero-order chi connectivity index (χ0) is 25.9. The molecule has 0 radical (unpaired) electrons. The van der Waals surface area contributed by atoms with Crippen molar-refractivity contribution < 1.29 is 13.2 Å². The Kier molecular flexibility index (Phi) is 7.37. The van der Waals surface area contributed by atoms with E-state index in [9.17, 15) is 18.0 Å². The van der Waals surface area contributed by atoms with Crippen LogP contribution in [0, 0.1) is 6.92 Å². The number of carbonyl (C=O) groups is 1. The molecule has 0 bridgehead atoms. The molecule has 3 aromatic carbocycles. The Bertz CT molecular complexity index is 1530. The van der Waals surface area contributed by atoms with Crippen LogP contribution in [0.1, 0.15) is 12.6 Å². The molecule has 0 saturated carbocycles. The van der Waals surface area contributed by atoms with Crippen LogP contribution in [0.15, 0.2) is 99.5 Å². The van der Waals surface area contributed by atoms with Crippen LogP contribution in [0.2, 0.25) is 0 Å². The van der Waals surface area contributed by atoms with Gasteiger partial charge in [-0.3, -0.25) is 19.0 Å². The summed E-state index contributed by atoms with van der Waals surface area (Å²) in [4.78, 5) is 26.9. The summed E-state index contributed by atoms with van der Waals surface area (Å²) in [7, 11) is -1.91. The van der Waals surface area contributed by atoms with Crippen molar-refractivity contribution in [2.45, 2.75) is 28.9 Å². The zero-order valence-electron chi connectivity index (χ0n) is 20.0. The highest BCUT2D eigenvalue weighted by Crippen LogP contribution is 2.27. The number of hydrogen-bond donors (Lipinski definition) is 2. The number of benzene rings is 3. The highest BCUT2D eigenvalue weighted by Gasteiger charge is 2.22. The van der Waals surface area contributed by atoms with Gasteiger partial charge in [0.25, 0.3) is 15.6 Å². The molecule has 36 heavy (non-hydrogen) atoms. The Labute approximate surface area is 214 Å². The summed E-state index contributed by atoms with van der Waals surface area (Å²) in [5.74, 6) is -0.306. The van der Waals surface area contributed by atoms with Crippen molar-refractivity contribution in [3.63, 3.8) is 0 Å². The first-order valence-electron chi connectivity index (χ1n) is 11.2. The molecule has 1 atom stereocenters. The fraction of sp³-hybridized carbons (Fsp3) is 0.154. The maximum absolute atomic E-state index is 13.0. The van der Waals surface area contributed by atoms with E-state index < -0.39 is 15.3 Å². The normalized spacial score (nSPS) is 12.2. The SMILES string of the molecule is Cc1c(NC(=O)C(C)Sc2ccc(NS(=O)(=O)c3ccccc3)cc2)c(=O)n(-c2ccccc2)n1C. The first-order valence-corrected chi connectivity index (χ1v) is 13.5. The molecule has 2 N–H and O–H groups in total. The molecule has 0 aliphatic heterocycles. The van der Waals surface area contributed by atoms with E-state index in [1.807, 2.05) is 30.3 Å². The van der Waals surface area contributed by atoms with Gasteiger partial charge in [0.2, 0.25) is 5.91 Å². The van der Waals surface area contributed by atoms with Crippen molar-refractivity contribution in [3.05, 3.63) is 101 Å². The second kappa shape index (κ2) is 10.5. The van der Waals surface area contributed by atoms with Gasteiger partial charge in [0.15, 0.2) is 0 Å². The molecule has 0 aliphatic carbocycles. The molecular formula is C26H26N4O4S2. The van der Waals surface area contributed by atoms with Crippen LogP contribution < -0.4 is 15.6 Å². The number of para-hydroxylation sites is 1. The minimum absolute atomic E-state index is 0.177. The molecular weight excluding hydrogens is 496 g/mol. The molecule has 4 rings (SSSR count). The predicted octanol–water partition coefficient (Wildman–Crippen LogP) is 4.40. The van der Waals surface area contributed by atoms with Crippen molar-refractivity contribution in [2.24, 2.45) is 7.05 Å². The number of thioether (sulfide) groups is 1. The predicted molar refractivity (Wildman–Crippen MR) is 143 cm³/mol. The van der Waals surface area contributed by atoms with Crippen LogP contribution in [0.25, 0.3) is 5.69 Å². The van der Waals surface area contributed by atoms with Crippen molar-refractivity contribution >= 4 is 39.1 Å². The van der Waals surface area contributed by atoms with Gasteiger partial charge >= 0.3 is 0 Å². The summed E-state index contributed by atoms with van der Waals surface area (Å²) in [5.41, 5.74) is 1.71.